The molecule has 0 fully saturated rings. The highest BCUT2D eigenvalue weighted by molar-refractivity contribution is 7.98. The highest BCUT2D eigenvalue weighted by Gasteiger charge is 2.11. The number of hydrogen-bond donors (Lipinski definition) is 1. The zero-order chi connectivity index (χ0) is 22.2. The molecule has 0 unspecified atom stereocenters. The third-order valence-corrected chi connectivity index (χ3v) is 5.94. The first kappa shape index (κ1) is 22.5. The van der Waals surface area contributed by atoms with Gasteiger partial charge in [-0.3, -0.25) is 4.79 Å². The third-order valence-electron chi connectivity index (χ3n) is 4.07. The van der Waals surface area contributed by atoms with E-state index < -0.39 is 24.5 Å². The van der Waals surface area contributed by atoms with Gasteiger partial charge in [0.2, 0.25) is 0 Å². The number of thiazole rings is 1. The summed E-state index contributed by atoms with van der Waals surface area (Å²) in [6.45, 7) is 1.55. The van der Waals surface area contributed by atoms with Crippen molar-refractivity contribution in [3.63, 3.8) is 0 Å². The highest BCUT2D eigenvalue weighted by atomic mass is 32.2. The Morgan fingerprint density at radius 3 is 2.26 bits per heavy atom. The maximum absolute atomic E-state index is 12.2. The number of thioether (sulfide) groups is 1. The van der Waals surface area contributed by atoms with Crippen LogP contribution < -0.4 is 5.32 Å². The van der Waals surface area contributed by atoms with Crippen molar-refractivity contribution in [3.8, 4) is 0 Å². The summed E-state index contributed by atoms with van der Waals surface area (Å²) in [4.78, 5) is 41.0. The van der Waals surface area contributed by atoms with Crippen LogP contribution >= 0.6 is 23.1 Å². The first-order valence-electron chi connectivity index (χ1n) is 9.24. The Balaban J connectivity index is 1.45. The van der Waals surface area contributed by atoms with Gasteiger partial charge in [0.1, 0.15) is 0 Å². The number of ether oxygens (including phenoxy) is 2. The van der Waals surface area contributed by atoms with Gasteiger partial charge in [0.05, 0.1) is 28.9 Å². The number of nitrogens with zero attached hydrogens (tertiary/aromatic N) is 1. The van der Waals surface area contributed by atoms with E-state index in [-0.39, 0.29) is 0 Å². The molecule has 2 aromatic carbocycles. The fourth-order valence-corrected chi connectivity index (χ4v) is 4.05. The van der Waals surface area contributed by atoms with Gasteiger partial charge in [-0.15, -0.1) is 23.1 Å². The third kappa shape index (κ3) is 6.66. The van der Waals surface area contributed by atoms with Crippen LogP contribution in [0.3, 0.4) is 0 Å². The Labute approximate surface area is 187 Å². The minimum absolute atomic E-state index is 0.365. The summed E-state index contributed by atoms with van der Waals surface area (Å²) in [5.41, 5.74) is 2.24. The number of carbonyl (C=O) groups is 3. The lowest BCUT2D eigenvalue weighted by molar-refractivity contribution is -0.119. The van der Waals surface area contributed by atoms with Crippen molar-refractivity contribution in [3.05, 3.63) is 75.7 Å². The number of esters is 2. The number of nitrogens with one attached hydrogen (secondary N) is 1. The van der Waals surface area contributed by atoms with Gasteiger partial charge in [-0.1, -0.05) is 0 Å². The summed E-state index contributed by atoms with van der Waals surface area (Å²) >= 11 is 3.25. The number of aromatic nitrogens is 1. The molecule has 0 saturated heterocycles. The van der Waals surface area contributed by atoms with Crippen LogP contribution in [-0.2, 0) is 20.0 Å². The molecule has 3 rings (SSSR count). The van der Waals surface area contributed by atoms with Crippen molar-refractivity contribution in [1.29, 1.82) is 0 Å². The van der Waals surface area contributed by atoms with Crippen molar-refractivity contribution < 1.29 is 23.9 Å². The topological polar surface area (TPSA) is 94.6 Å². The Morgan fingerprint density at radius 2 is 1.65 bits per heavy atom. The van der Waals surface area contributed by atoms with Crippen molar-refractivity contribution in [2.45, 2.75) is 17.6 Å². The lowest BCUT2D eigenvalue weighted by Crippen LogP contribution is -2.21. The number of hydrogen-bond acceptors (Lipinski definition) is 8. The lowest BCUT2D eigenvalue weighted by atomic mass is 10.2. The molecule has 0 atom stereocenters. The zero-order valence-electron chi connectivity index (χ0n) is 16.9. The van der Waals surface area contributed by atoms with Gasteiger partial charge in [0.15, 0.2) is 6.61 Å². The van der Waals surface area contributed by atoms with E-state index in [2.05, 4.69) is 15.0 Å². The lowest BCUT2D eigenvalue weighted by Gasteiger charge is -2.08. The fraction of sp³-hybridized carbons (Fsp3) is 0.182. The monoisotopic (exact) mass is 456 g/mol. The molecule has 1 aromatic heterocycles. The molecular formula is C22H20N2O5S2. The minimum atomic E-state index is -0.581. The van der Waals surface area contributed by atoms with Gasteiger partial charge >= 0.3 is 11.9 Å². The molecule has 0 aliphatic rings. The zero-order valence-corrected chi connectivity index (χ0v) is 18.5. The largest absolute Gasteiger partial charge is 0.465 e. The smallest absolute Gasteiger partial charge is 0.338 e. The van der Waals surface area contributed by atoms with E-state index in [1.165, 1.54) is 19.2 Å². The van der Waals surface area contributed by atoms with E-state index in [0.717, 1.165) is 21.3 Å². The Bertz CT molecular complexity index is 1060. The number of amides is 1. The summed E-state index contributed by atoms with van der Waals surface area (Å²) in [7, 11) is 1.29. The van der Waals surface area contributed by atoms with E-state index in [0.29, 0.717) is 16.8 Å². The molecule has 1 heterocycles. The number of anilines is 1. The van der Waals surface area contributed by atoms with Crippen LogP contribution in [0, 0.1) is 6.92 Å². The van der Waals surface area contributed by atoms with E-state index in [1.807, 2.05) is 24.4 Å². The molecule has 31 heavy (non-hydrogen) atoms. The molecule has 0 radical (unpaired) electrons. The second-order valence-corrected chi connectivity index (χ2v) is 8.48. The van der Waals surface area contributed by atoms with Gasteiger partial charge in [-0.05, 0) is 55.5 Å². The molecule has 1 amide bonds. The van der Waals surface area contributed by atoms with Crippen LogP contribution in [0.1, 0.15) is 31.4 Å². The van der Waals surface area contributed by atoms with E-state index in [1.54, 1.807) is 47.4 Å². The van der Waals surface area contributed by atoms with Crippen molar-refractivity contribution in [2.75, 3.05) is 19.0 Å². The molecule has 0 bridgehead atoms. The minimum Gasteiger partial charge on any atom is -0.465 e. The SMILES string of the molecule is COC(=O)c1ccc(NC(=O)COC(=O)c2ccc(SCc3csc(C)n3)cc2)cc1. The van der Waals surface area contributed by atoms with Gasteiger partial charge in [0, 0.05) is 21.7 Å². The Kier molecular flexibility index (Phi) is 7.80. The van der Waals surface area contributed by atoms with Crippen molar-refractivity contribution in [1.82, 2.24) is 4.98 Å². The highest BCUT2D eigenvalue weighted by Crippen LogP contribution is 2.24. The number of methoxy groups -OCH3 is 1. The predicted octanol–water partition coefficient (Wildman–Crippen LogP) is 4.33. The summed E-state index contributed by atoms with van der Waals surface area (Å²) in [5.74, 6) is -0.767. The Morgan fingerprint density at radius 1 is 1.00 bits per heavy atom. The van der Waals surface area contributed by atoms with Gasteiger partial charge < -0.3 is 14.8 Å². The quantitative estimate of drug-likeness (QED) is 0.398. The van der Waals surface area contributed by atoms with Crippen LogP contribution in [0.5, 0.6) is 0 Å². The van der Waals surface area contributed by atoms with Crippen LogP contribution in [0.15, 0.2) is 58.8 Å². The summed E-state index contributed by atoms with van der Waals surface area (Å²) in [5, 5.41) is 5.67. The normalized spacial score (nSPS) is 10.4. The molecular weight excluding hydrogens is 436 g/mol. The second-order valence-electron chi connectivity index (χ2n) is 6.36. The number of aryl methyl sites for hydroxylation is 1. The molecule has 7 nitrogen and oxygen atoms in total. The molecule has 0 aliphatic carbocycles. The fourth-order valence-electron chi connectivity index (χ4n) is 2.54. The molecule has 0 spiro atoms. The first-order valence-corrected chi connectivity index (χ1v) is 11.1. The van der Waals surface area contributed by atoms with Crippen LogP contribution in [-0.4, -0.2) is 36.5 Å². The average molecular weight is 457 g/mol. The van der Waals surface area contributed by atoms with E-state index in [9.17, 15) is 14.4 Å². The van der Waals surface area contributed by atoms with Crippen molar-refractivity contribution >= 4 is 46.6 Å². The number of benzene rings is 2. The van der Waals surface area contributed by atoms with E-state index >= 15 is 0 Å². The molecule has 3 aromatic rings. The average Bonchev–Trinajstić information content (AvgIpc) is 3.21. The summed E-state index contributed by atoms with van der Waals surface area (Å²) in [6, 6.07) is 13.2. The maximum atomic E-state index is 12.2. The van der Waals surface area contributed by atoms with E-state index in [4.69, 9.17) is 4.74 Å². The summed E-state index contributed by atoms with van der Waals surface area (Å²) in [6.07, 6.45) is 0. The van der Waals surface area contributed by atoms with Gasteiger partial charge in [0.25, 0.3) is 5.91 Å². The molecule has 160 valence electrons. The van der Waals surface area contributed by atoms with Gasteiger partial charge in [-0.25, -0.2) is 14.6 Å². The molecule has 0 saturated carbocycles. The molecule has 0 aliphatic heterocycles. The number of carbonyl (C=O) groups excluding carboxylic acids is 3. The molecule has 1 N–H and O–H groups in total. The maximum Gasteiger partial charge on any atom is 0.338 e. The number of rotatable bonds is 8. The predicted molar refractivity (Wildman–Crippen MR) is 120 cm³/mol. The standard InChI is InChI=1S/C22H20N2O5S2/c1-14-23-18(12-30-14)13-31-19-9-5-16(6-10-19)22(27)29-11-20(25)24-17-7-3-15(4-8-17)21(26)28-2/h3-10,12H,11,13H2,1-2H3,(H,24,25). The second kappa shape index (κ2) is 10.7. The first-order chi connectivity index (χ1) is 14.9. The van der Waals surface area contributed by atoms with Crippen LogP contribution in [0.25, 0.3) is 0 Å². The Hall–Kier alpha value is -3.17. The van der Waals surface area contributed by atoms with Crippen LogP contribution in [0.4, 0.5) is 5.69 Å². The van der Waals surface area contributed by atoms with Crippen molar-refractivity contribution in [2.24, 2.45) is 0 Å². The molecule has 9 heteroatoms. The van der Waals surface area contributed by atoms with Crippen LogP contribution in [0.2, 0.25) is 0 Å². The summed E-state index contributed by atoms with van der Waals surface area (Å²) < 4.78 is 9.69. The van der Waals surface area contributed by atoms with Gasteiger partial charge in [-0.2, -0.15) is 0 Å².